The van der Waals surface area contributed by atoms with E-state index < -0.39 is 11.9 Å². The maximum atomic E-state index is 11.1. The average Bonchev–Trinajstić information content (AvgIpc) is 2.02. The number of ether oxygens (including phenoxy) is 1. The van der Waals surface area contributed by atoms with Crippen molar-refractivity contribution >= 4 is 27.9 Å². The van der Waals surface area contributed by atoms with Crippen molar-refractivity contribution in [1.29, 1.82) is 0 Å². The summed E-state index contributed by atoms with van der Waals surface area (Å²) in [6.07, 6.45) is 1.60. The highest BCUT2D eigenvalue weighted by Gasteiger charge is 2.25. The molecule has 0 saturated carbocycles. The van der Waals surface area contributed by atoms with Gasteiger partial charge in [-0.15, -0.1) is 0 Å². The van der Waals surface area contributed by atoms with Crippen LogP contribution in [0, 0.1) is 0 Å². The van der Waals surface area contributed by atoms with Crippen LogP contribution in [0.25, 0.3) is 0 Å². The summed E-state index contributed by atoms with van der Waals surface area (Å²) in [5, 5.41) is 0. The van der Waals surface area contributed by atoms with Crippen LogP contribution in [0.15, 0.2) is 16.7 Å². The van der Waals surface area contributed by atoms with Gasteiger partial charge in [-0.3, -0.25) is 4.79 Å². The van der Waals surface area contributed by atoms with Gasteiger partial charge in [0, 0.05) is 10.7 Å². The van der Waals surface area contributed by atoms with Crippen molar-refractivity contribution in [2.75, 3.05) is 0 Å². The third kappa shape index (κ3) is 1.47. The normalized spacial score (nSPS) is 15.2. The lowest BCUT2D eigenvalue weighted by molar-refractivity contribution is -0.137. The van der Waals surface area contributed by atoms with Crippen molar-refractivity contribution in [2.24, 2.45) is 0 Å². The Kier molecular flexibility index (Phi) is 1.88. The van der Waals surface area contributed by atoms with Gasteiger partial charge in [-0.05, 0) is 27.6 Å². The molecule has 0 unspecified atom stereocenters. The molecule has 13 heavy (non-hydrogen) atoms. The number of aromatic nitrogens is 1. The van der Waals surface area contributed by atoms with E-state index in [0.29, 0.717) is 5.56 Å². The average molecular weight is 242 g/mol. The van der Waals surface area contributed by atoms with Gasteiger partial charge in [0.15, 0.2) is 5.69 Å². The monoisotopic (exact) mass is 241 g/mol. The predicted molar refractivity (Wildman–Crippen MR) is 46.1 cm³/mol. The Morgan fingerprint density at radius 3 is 3.00 bits per heavy atom. The Balaban J connectivity index is 2.55. The second-order valence-electron chi connectivity index (χ2n) is 2.60. The number of rotatable bonds is 0. The third-order valence-electron chi connectivity index (χ3n) is 1.67. The molecule has 1 aliphatic rings. The molecular weight excluding hydrogens is 238 g/mol. The van der Waals surface area contributed by atoms with Crippen LogP contribution < -0.4 is 0 Å². The van der Waals surface area contributed by atoms with E-state index >= 15 is 0 Å². The molecule has 1 aromatic rings. The summed E-state index contributed by atoms with van der Waals surface area (Å²) in [6.45, 7) is 0. The Morgan fingerprint density at radius 1 is 1.46 bits per heavy atom. The van der Waals surface area contributed by atoms with Gasteiger partial charge in [0.1, 0.15) is 0 Å². The second kappa shape index (κ2) is 2.92. The highest BCUT2D eigenvalue weighted by molar-refractivity contribution is 9.10. The minimum atomic E-state index is -0.668. The molecule has 0 saturated heterocycles. The molecule has 1 aliphatic heterocycles. The maximum absolute atomic E-state index is 11.1. The molecule has 66 valence electrons. The number of hydrogen-bond donors (Lipinski definition) is 0. The summed E-state index contributed by atoms with van der Waals surface area (Å²) in [5.74, 6) is -1.20. The van der Waals surface area contributed by atoms with E-state index in [1.807, 2.05) is 0 Å². The highest BCUT2D eigenvalue weighted by Crippen LogP contribution is 2.19. The molecule has 5 heteroatoms. The Bertz CT molecular complexity index is 402. The number of pyridine rings is 1. The fourth-order valence-electron chi connectivity index (χ4n) is 1.14. The van der Waals surface area contributed by atoms with Gasteiger partial charge in [-0.2, -0.15) is 0 Å². The van der Waals surface area contributed by atoms with Crippen molar-refractivity contribution < 1.29 is 14.3 Å². The molecule has 2 heterocycles. The van der Waals surface area contributed by atoms with Crippen molar-refractivity contribution in [2.45, 2.75) is 6.42 Å². The smallest absolute Gasteiger partial charge is 0.364 e. The van der Waals surface area contributed by atoms with Gasteiger partial charge in [-0.25, -0.2) is 9.78 Å². The highest BCUT2D eigenvalue weighted by atomic mass is 79.9. The summed E-state index contributed by atoms with van der Waals surface area (Å²) in [4.78, 5) is 25.8. The third-order valence-corrected chi connectivity index (χ3v) is 2.10. The van der Waals surface area contributed by atoms with Gasteiger partial charge in [0.25, 0.3) is 0 Å². The minimum Gasteiger partial charge on any atom is -0.388 e. The summed E-state index contributed by atoms with van der Waals surface area (Å²) < 4.78 is 5.14. The lowest BCUT2D eigenvalue weighted by Crippen LogP contribution is -2.23. The van der Waals surface area contributed by atoms with E-state index in [2.05, 4.69) is 25.7 Å². The van der Waals surface area contributed by atoms with Crippen LogP contribution in [-0.2, 0) is 16.0 Å². The maximum Gasteiger partial charge on any atom is 0.364 e. The Morgan fingerprint density at radius 2 is 2.23 bits per heavy atom. The quantitative estimate of drug-likeness (QED) is 0.504. The van der Waals surface area contributed by atoms with Crippen molar-refractivity contribution in [3.8, 4) is 0 Å². The predicted octanol–water partition coefficient (Wildman–Crippen LogP) is 1.08. The molecule has 0 spiro atoms. The summed E-state index contributed by atoms with van der Waals surface area (Å²) >= 11 is 3.20. The van der Waals surface area contributed by atoms with Crippen LogP contribution in [0.1, 0.15) is 16.1 Å². The first-order valence-electron chi connectivity index (χ1n) is 3.56. The number of fused-ring (bicyclic) bond motifs is 1. The first kappa shape index (κ1) is 8.37. The van der Waals surface area contributed by atoms with Crippen molar-refractivity contribution in [3.63, 3.8) is 0 Å². The molecule has 0 bridgehead atoms. The number of cyclic esters (lactones) is 2. The fourth-order valence-corrected chi connectivity index (χ4v) is 1.52. The number of carbonyl (C=O) groups is 2. The number of carbonyl (C=O) groups excluding carboxylic acids is 2. The van der Waals surface area contributed by atoms with E-state index in [0.717, 1.165) is 4.47 Å². The summed E-state index contributed by atoms with van der Waals surface area (Å²) in [6, 6.07) is 1.70. The molecule has 0 amide bonds. The first-order chi connectivity index (χ1) is 6.16. The molecule has 0 radical (unpaired) electrons. The van der Waals surface area contributed by atoms with E-state index in [4.69, 9.17) is 0 Å². The zero-order valence-corrected chi connectivity index (χ0v) is 8.00. The standard InChI is InChI=1S/C8H4BrNO3/c9-5-1-4-2-6(11)13-8(12)7(4)10-3-5/h1,3H,2H2. The van der Waals surface area contributed by atoms with Gasteiger partial charge in [0.2, 0.25) is 0 Å². The van der Waals surface area contributed by atoms with E-state index in [1.165, 1.54) is 6.20 Å². The molecule has 2 rings (SSSR count). The zero-order valence-electron chi connectivity index (χ0n) is 6.41. The largest absolute Gasteiger partial charge is 0.388 e. The molecular formula is C8H4BrNO3. The molecule has 0 atom stereocenters. The minimum absolute atomic E-state index is 0.105. The van der Waals surface area contributed by atoms with E-state index in [-0.39, 0.29) is 12.1 Å². The lowest BCUT2D eigenvalue weighted by Gasteiger charge is -2.12. The van der Waals surface area contributed by atoms with Crippen LogP contribution in [0.4, 0.5) is 0 Å². The molecule has 0 fully saturated rings. The first-order valence-corrected chi connectivity index (χ1v) is 4.35. The van der Waals surface area contributed by atoms with Crippen LogP contribution in [-0.4, -0.2) is 16.9 Å². The Hall–Kier alpha value is -1.23. The number of esters is 2. The second-order valence-corrected chi connectivity index (χ2v) is 3.52. The van der Waals surface area contributed by atoms with Crippen LogP contribution in [0.3, 0.4) is 0 Å². The lowest BCUT2D eigenvalue weighted by atomic mass is 10.1. The number of hydrogen-bond acceptors (Lipinski definition) is 4. The van der Waals surface area contributed by atoms with Gasteiger partial charge >= 0.3 is 11.9 Å². The summed E-state index contributed by atoms with van der Waals surface area (Å²) in [5.41, 5.74) is 0.832. The van der Waals surface area contributed by atoms with Gasteiger partial charge in [-0.1, -0.05) is 0 Å². The van der Waals surface area contributed by atoms with Crippen molar-refractivity contribution in [3.05, 3.63) is 28.0 Å². The SMILES string of the molecule is O=C1Cc2cc(Br)cnc2C(=O)O1. The van der Waals surface area contributed by atoms with Crippen LogP contribution >= 0.6 is 15.9 Å². The van der Waals surface area contributed by atoms with E-state index in [9.17, 15) is 9.59 Å². The summed E-state index contributed by atoms with van der Waals surface area (Å²) in [7, 11) is 0. The van der Waals surface area contributed by atoms with Crippen LogP contribution in [0.5, 0.6) is 0 Å². The topological polar surface area (TPSA) is 56.3 Å². The molecule has 0 aliphatic carbocycles. The fraction of sp³-hybridized carbons (Fsp3) is 0.125. The zero-order chi connectivity index (χ0) is 9.42. The van der Waals surface area contributed by atoms with E-state index in [1.54, 1.807) is 6.07 Å². The van der Waals surface area contributed by atoms with Crippen molar-refractivity contribution in [1.82, 2.24) is 4.98 Å². The molecule has 0 aromatic carbocycles. The molecule has 0 N–H and O–H groups in total. The van der Waals surface area contributed by atoms with Gasteiger partial charge in [0.05, 0.1) is 6.42 Å². The molecule has 1 aromatic heterocycles. The Labute approximate surface area is 82.0 Å². The molecule has 4 nitrogen and oxygen atoms in total. The number of nitrogens with zero attached hydrogens (tertiary/aromatic N) is 1. The number of halogens is 1. The van der Waals surface area contributed by atoms with Crippen LogP contribution in [0.2, 0.25) is 0 Å². The van der Waals surface area contributed by atoms with Gasteiger partial charge < -0.3 is 4.74 Å².